The van der Waals surface area contributed by atoms with Crippen LogP contribution in [-0.2, 0) is 43.2 Å². The number of hydrogen-bond acceptors (Lipinski definition) is 11. The Balaban J connectivity index is 5.45. The first-order valence-electron chi connectivity index (χ1n) is 20.4. The van der Waals surface area contributed by atoms with E-state index < -0.39 is 132 Å². The summed E-state index contributed by atoms with van der Waals surface area (Å²) in [6, 6.07) is -7.45. The van der Waals surface area contributed by atoms with Crippen LogP contribution in [0.15, 0.2) is 0 Å². The Bertz CT molecular complexity index is 1440. The molecule has 0 aliphatic heterocycles. The van der Waals surface area contributed by atoms with Crippen LogP contribution in [0, 0.1) is 29.6 Å². The molecule has 0 saturated heterocycles. The van der Waals surface area contributed by atoms with E-state index in [4.69, 9.17) is 11.5 Å². The maximum atomic E-state index is 13.6. The van der Waals surface area contributed by atoms with Crippen molar-refractivity contribution in [3.05, 3.63) is 0 Å². The van der Waals surface area contributed by atoms with E-state index in [2.05, 4.69) is 42.5 Å². The molecular formula is C39H72N10O10. The largest absolute Gasteiger partial charge is 0.480 e. The van der Waals surface area contributed by atoms with Gasteiger partial charge in [-0.15, -0.1) is 0 Å². The third kappa shape index (κ3) is 20.6. The molecule has 0 aromatic heterocycles. The van der Waals surface area contributed by atoms with Gasteiger partial charge in [0.05, 0.1) is 19.1 Å². The molecule has 8 amide bonds. The van der Waals surface area contributed by atoms with Gasteiger partial charge >= 0.3 is 5.97 Å². The maximum absolute atomic E-state index is 13.6. The number of aliphatic carboxylic acids is 1. The van der Waals surface area contributed by atoms with Crippen molar-refractivity contribution in [1.29, 1.82) is 0 Å². The van der Waals surface area contributed by atoms with E-state index in [9.17, 15) is 48.3 Å². The third-order valence-electron chi connectivity index (χ3n) is 9.25. The molecule has 0 bridgehead atoms. The second-order valence-corrected chi connectivity index (χ2v) is 16.6. The summed E-state index contributed by atoms with van der Waals surface area (Å²) in [5.74, 6) is -8.30. The second-order valence-electron chi connectivity index (χ2n) is 16.6. The molecule has 0 aromatic carbocycles. The summed E-state index contributed by atoms with van der Waals surface area (Å²) >= 11 is 0. The number of carboxylic acid groups (broad SMARTS) is 1. The van der Waals surface area contributed by atoms with Crippen molar-refractivity contribution in [2.24, 2.45) is 41.1 Å². The van der Waals surface area contributed by atoms with E-state index in [1.165, 1.54) is 6.92 Å². The zero-order chi connectivity index (χ0) is 45.7. The van der Waals surface area contributed by atoms with Gasteiger partial charge in [-0.3, -0.25) is 38.4 Å². The van der Waals surface area contributed by atoms with E-state index >= 15 is 0 Å². The molecule has 13 N–H and O–H groups in total. The van der Waals surface area contributed by atoms with Crippen molar-refractivity contribution < 1.29 is 48.3 Å². The summed E-state index contributed by atoms with van der Waals surface area (Å²) in [5.41, 5.74) is 11.6. The minimum atomic E-state index is -1.22. The van der Waals surface area contributed by atoms with E-state index in [-0.39, 0.29) is 12.3 Å². The minimum absolute atomic E-state index is 0.0104. The van der Waals surface area contributed by atoms with Gasteiger partial charge in [0, 0.05) is 0 Å². The summed E-state index contributed by atoms with van der Waals surface area (Å²) in [4.78, 5) is 115. The Morgan fingerprint density at radius 2 is 0.915 bits per heavy atom. The zero-order valence-corrected chi connectivity index (χ0v) is 36.7. The van der Waals surface area contributed by atoms with E-state index in [1.54, 1.807) is 55.4 Å². The van der Waals surface area contributed by atoms with Gasteiger partial charge in [-0.05, 0) is 62.3 Å². The fourth-order valence-corrected chi connectivity index (χ4v) is 5.65. The van der Waals surface area contributed by atoms with E-state index in [0.717, 1.165) is 0 Å². The first-order chi connectivity index (χ1) is 27.3. The Morgan fingerprint density at radius 1 is 0.492 bits per heavy atom. The summed E-state index contributed by atoms with van der Waals surface area (Å²) in [6.07, 6.45) is 2.03. The van der Waals surface area contributed by atoms with Crippen molar-refractivity contribution in [2.75, 3.05) is 19.6 Å². The normalized spacial score (nSPS) is 14.9. The van der Waals surface area contributed by atoms with Crippen LogP contribution >= 0.6 is 0 Å². The first-order valence-corrected chi connectivity index (χ1v) is 20.4. The molecule has 0 fully saturated rings. The SMILES string of the molecule is CC(C)C[C@H](NC(=O)[C@@H](N)CCCCN)C(=O)N[C@H](C(=O)N[C@H](C(=O)NCC(=O)N[C@@H](C)C(=O)N[C@H](C(=O)NCC(=O)N[C@H](C(=O)O)C(C)C)C(C)C)C(C)C)C(C)C. The third-order valence-corrected chi connectivity index (χ3v) is 9.25. The van der Waals surface area contributed by atoms with Gasteiger partial charge in [0.2, 0.25) is 47.3 Å². The molecule has 0 spiro atoms. The number of rotatable bonds is 27. The summed E-state index contributed by atoms with van der Waals surface area (Å²) in [5, 5.41) is 29.5. The quantitative estimate of drug-likeness (QED) is 0.0415. The lowest BCUT2D eigenvalue weighted by Crippen LogP contribution is -2.60. The molecule has 59 heavy (non-hydrogen) atoms. The highest BCUT2D eigenvalue weighted by atomic mass is 16.4. The highest BCUT2D eigenvalue weighted by molar-refractivity contribution is 5.97. The van der Waals surface area contributed by atoms with Crippen LogP contribution < -0.4 is 54.0 Å². The second kappa shape index (κ2) is 27.0. The van der Waals surface area contributed by atoms with Gasteiger partial charge in [0.15, 0.2) is 0 Å². The van der Waals surface area contributed by atoms with Crippen LogP contribution in [0.4, 0.5) is 0 Å². The lowest BCUT2D eigenvalue weighted by Gasteiger charge is -2.29. The van der Waals surface area contributed by atoms with Crippen LogP contribution in [0.2, 0.25) is 0 Å². The molecule has 7 atom stereocenters. The smallest absolute Gasteiger partial charge is 0.326 e. The van der Waals surface area contributed by atoms with Crippen LogP contribution in [0.3, 0.4) is 0 Å². The molecule has 20 nitrogen and oxygen atoms in total. The maximum Gasteiger partial charge on any atom is 0.326 e. The summed E-state index contributed by atoms with van der Waals surface area (Å²) < 4.78 is 0. The predicted molar refractivity (Wildman–Crippen MR) is 221 cm³/mol. The minimum Gasteiger partial charge on any atom is -0.480 e. The number of carboxylic acids is 1. The molecule has 0 rings (SSSR count). The number of nitrogens with two attached hydrogens (primary N) is 2. The van der Waals surface area contributed by atoms with Gasteiger partial charge in [-0.25, -0.2) is 4.79 Å². The average Bonchev–Trinajstić information content (AvgIpc) is 3.13. The zero-order valence-electron chi connectivity index (χ0n) is 36.7. The number of amides is 8. The molecule has 20 heteroatoms. The molecule has 0 radical (unpaired) electrons. The van der Waals surface area contributed by atoms with Crippen molar-refractivity contribution >= 4 is 53.2 Å². The van der Waals surface area contributed by atoms with Crippen LogP contribution in [0.5, 0.6) is 0 Å². The number of hydrogen-bond donors (Lipinski definition) is 11. The van der Waals surface area contributed by atoms with E-state index in [1.807, 2.05) is 13.8 Å². The van der Waals surface area contributed by atoms with Gasteiger partial charge in [-0.2, -0.15) is 0 Å². The number of nitrogens with one attached hydrogen (secondary N) is 8. The standard InChI is InChI=1S/C39H72N10O10/c1-19(2)16-26(45-34(53)25(41)14-12-13-15-40)35(54)48-31(22(7)8)38(57)49-30(21(5)6)37(56)42-17-27(50)44-24(11)33(52)47-29(20(3)4)36(55)43-18-28(51)46-32(23(9)10)39(58)59/h19-26,29-32H,12-18,40-41H2,1-11H3,(H,42,56)(H,43,55)(H,44,50)(H,45,53)(H,46,51)(H,47,52)(H,48,54)(H,49,57)(H,58,59)/t24-,25-,26-,29-,30-,31-,32-/m0/s1. The van der Waals surface area contributed by atoms with Crippen LogP contribution in [0.25, 0.3) is 0 Å². The molecule has 0 aromatic rings. The molecule has 0 heterocycles. The number of carbonyl (C=O) groups is 9. The van der Waals surface area contributed by atoms with Crippen LogP contribution in [0.1, 0.15) is 102 Å². The molecule has 338 valence electrons. The molecule has 0 aliphatic rings. The highest BCUT2D eigenvalue weighted by Gasteiger charge is 2.34. The topological polar surface area (TPSA) is 322 Å². The lowest BCUT2D eigenvalue weighted by molar-refractivity contribution is -0.143. The number of carbonyl (C=O) groups excluding carboxylic acids is 8. The van der Waals surface area contributed by atoms with Gasteiger partial charge in [0.1, 0.15) is 36.3 Å². The summed E-state index contributed by atoms with van der Waals surface area (Å²) in [6.45, 7) is 17.8. The van der Waals surface area contributed by atoms with Crippen molar-refractivity contribution in [1.82, 2.24) is 42.5 Å². The Hall–Kier alpha value is -4.85. The monoisotopic (exact) mass is 841 g/mol. The average molecular weight is 841 g/mol. The lowest BCUT2D eigenvalue weighted by atomic mass is 9.98. The molecule has 0 aliphatic carbocycles. The van der Waals surface area contributed by atoms with Crippen molar-refractivity contribution in [3.63, 3.8) is 0 Å². The van der Waals surface area contributed by atoms with E-state index in [0.29, 0.717) is 25.8 Å². The fourth-order valence-electron chi connectivity index (χ4n) is 5.65. The Morgan fingerprint density at radius 3 is 1.34 bits per heavy atom. The van der Waals surface area contributed by atoms with Gasteiger partial charge in [0.25, 0.3) is 0 Å². The molecule has 0 unspecified atom stereocenters. The fraction of sp³-hybridized carbons (Fsp3) is 0.769. The van der Waals surface area contributed by atoms with Crippen LogP contribution in [-0.4, -0.2) is 120 Å². The Kier molecular flexibility index (Phi) is 24.8. The van der Waals surface area contributed by atoms with Gasteiger partial charge < -0.3 is 59.1 Å². The first kappa shape index (κ1) is 54.2. The molecule has 0 saturated carbocycles. The molecular weight excluding hydrogens is 768 g/mol. The number of unbranched alkanes of at least 4 members (excludes halogenated alkanes) is 1. The predicted octanol–water partition coefficient (Wildman–Crippen LogP) is -1.64. The van der Waals surface area contributed by atoms with Crippen molar-refractivity contribution in [2.45, 2.75) is 144 Å². The highest BCUT2D eigenvalue weighted by Crippen LogP contribution is 2.11. The Labute approximate surface area is 348 Å². The summed E-state index contributed by atoms with van der Waals surface area (Å²) in [7, 11) is 0. The van der Waals surface area contributed by atoms with Crippen molar-refractivity contribution in [3.8, 4) is 0 Å². The van der Waals surface area contributed by atoms with Gasteiger partial charge in [-0.1, -0.05) is 75.7 Å².